The highest BCUT2D eigenvalue weighted by atomic mass is 32.2. The zero-order chi connectivity index (χ0) is 10.8. The first-order valence-corrected chi connectivity index (χ1v) is 5.95. The Labute approximate surface area is 92.3 Å². The standard InChI is InChI=1S/C11H13F2NS/c1-7-4-5-14-11(15-7)9-3-2-8(12)6-10(9)13/h2-3,6-7,11,14H,4-5H2,1H3. The van der Waals surface area contributed by atoms with Crippen LogP contribution in [0.2, 0.25) is 0 Å². The second-order valence-electron chi connectivity index (χ2n) is 3.74. The molecule has 1 aliphatic rings. The second kappa shape index (κ2) is 4.49. The van der Waals surface area contributed by atoms with E-state index in [1.54, 1.807) is 11.8 Å². The van der Waals surface area contributed by atoms with Crippen molar-refractivity contribution in [3.05, 3.63) is 35.4 Å². The first-order valence-electron chi connectivity index (χ1n) is 5.00. The molecule has 0 spiro atoms. The lowest BCUT2D eigenvalue weighted by atomic mass is 10.2. The Balaban J connectivity index is 2.21. The van der Waals surface area contributed by atoms with Gasteiger partial charge in [-0.05, 0) is 19.0 Å². The third-order valence-electron chi connectivity index (χ3n) is 2.49. The lowest BCUT2D eigenvalue weighted by molar-refractivity contribution is 0.544. The molecule has 1 saturated heterocycles. The number of thioether (sulfide) groups is 1. The van der Waals surface area contributed by atoms with E-state index in [0.717, 1.165) is 19.0 Å². The zero-order valence-electron chi connectivity index (χ0n) is 8.47. The van der Waals surface area contributed by atoms with Crippen LogP contribution in [0, 0.1) is 11.6 Å². The van der Waals surface area contributed by atoms with Gasteiger partial charge >= 0.3 is 0 Å². The molecule has 1 N–H and O–H groups in total. The molecule has 0 bridgehead atoms. The van der Waals surface area contributed by atoms with Crippen molar-refractivity contribution in [2.75, 3.05) is 6.54 Å². The average Bonchev–Trinajstić information content (AvgIpc) is 2.17. The molecule has 1 fully saturated rings. The Bertz CT molecular complexity index is 356. The van der Waals surface area contributed by atoms with Crippen molar-refractivity contribution in [2.24, 2.45) is 0 Å². The molecule has 0 saturated carbocycles. The van der Waals surface area contributed by atoms with Crippen molar-refractivity contribution in [3.63, 3.8) is 0 Å². The fourth-order valence-electron chi connectivity index (χ4n) is 1.66. The Morgan fingerprint density at radius 2 is 2.20 bits per heavy atom. The maximum Gasteiger partial charge on any atom is 0.131 e. The largest absolute Gasteiger partial charge is 0.302 e. The summed E-state index contributed by atoms with van der Waals surface area (Å²) in [6.07, 6.45) is 1.09. The summed E-state index contributed by atoms with van der Waals surface area (Å²) in [6, 6.07) is 3.77. The molecule has 82 valence electrons. The predicted molar refractivity (Wildman–Crippen MR) is 58.8 cm³/mol. The van der Waals surface area contributed by atoms with Gasteiger partial charge in [0.2, 0.25) is 0 Å². The average molecular weight is 229 g/mol. The third kappa shape index (κ3) is 2.49. The van der Waals surface area contributed by atoms with E-state index in [2.05, 4.69) is 12.2 Å². The van der Waals surface area contributed by atoms with Crippen molar-refractivity contribution in [3.8, 4) is 0 Å². The highest BCUT2D eigenvalue weighted by molar-refractivity contribution is 8.00. The first kappa shape index (κ1) is 10.9. The predicted octanol–water partition coefficient (Wildman–Crippen LogP) is 3.08. The minimum absolute atomic E-state index is 0.0469. The molecular formula is C11H13F2NS. The van der Waals surface area contributed by atoms with Gasteiger partial charge in [-0.25, -0.2) is 8.78 Å². The minimum atomic E-state index is -0.523. The van der Waals surface area contributed by atoms with Gasteiger partial charge in [0.05, 0.1) is 5.37 Å². The lowest BCUT2D eigenvalue weighted by Gasteiger charge is -2.28. The monoisotopic (exact) mass is 229 g/mol. The number of nitrogens with one attached hydrogen (secondary N) is 1. The summed E-state index contributed by atoms with van der Waals surface area (Å²) >= 11 is 1.69. The Kier molecular flexibility index (Phi) is 3.26. The van der Waals surface area contributed by atoms with Crippen LogP contribution in [0.15, 0.2) is 18.2 Å². The maximum atomic E-state index is 13.5. The van der Waals surface area contributed by atoms with Gasteiger partial charge in [0, 0.05) is 16.9 Å². The molecular weight excluding hydrogens is 216 g/mol. The van der Waals surface area contributed by atoms with Crippen molar-refractivity contribution < 1.29 is 8.78 Å². The van der Waals surface area contributed by atoms with Crippen LogP contribution in [0.1, 0.15) is 24.3 Å². The number of rotatable bonds is 1. The third-order valence-corrected chi connectivity index (χ3v) is 3.89. The summed E-state index contributed by atoms with van der Waals surface area (Å²) in [5.74, 6) is -0.987. The van der Waals surface area contributed by atoms with E-state index in [9.17, 15) is 8.78 Å². The molecule has 15 heavy (non-hydrogen) atoms. The summed E-state index contributed by atoms with van der Waals surface area (Å²) < 4.78 is 26.2. The van der Waals surface area contributed by atoms with Gasteiger partial charge in [-0.2, -0.15) is 0 Å². The quantitative estimate of drug-likeness (QED) is 0.794. The van der Waals surface area contributed by atoms with Crippen LogP contribution in [-0.4, -0.2) is 11.8 Å². The number of halogens is 2. The molecule has 1 heterocycles. The van der Waals surface area contributed by atoms with Gasteiger partial charge in [-0.3, -0.25) is 0 Å². The van der Waals surface area contributed by atoms with E-state index in [1.807, 2.05) is 0 Å². The molecule has 1 aromatic rings. The Morgan fingerprint density at radius 1 is 1.40 bits per heavy atom. The van der Waals surface area contributed by atoms with Crippen LogP contribution in [0.3, 0.4) is 0 Å². The van der Waals surface area contributed by atoms with Crippen LogP contribution >= 0.6 is 11.8 Å². The molecule has 0 amide bonds. The van der Waals surface area contributed by atoms with Gasteiger partial charge in [-0.15, -0.1) is 11.8 Å². The van der Waals surface area contributed by atoms with Crippen LogP contribution in [-0.2, 0) is 0 Å². The summed E-state index contributed by atoms with van der Waals surface area (Å²) in [7, 11) is 0. The van der Waals surface area contributed by atoms with Crippen molar-refractivity contribution in [1.29, 1.82) is 0 Å². The van der Waals surface area contributed by atoms with Gasteiger partial charge in [0.1, 0.15) is 11.6 Å². The topological polar surface area (TPSA) is 12.0 Å². The second-order valence-corrected chi connectivity index (χ2v) is 5.28. The molecule has 4 heteroatoms. The molecule has 2 rings (SSSR count). The van der Waals surface area contributed by atoms with Crippen LogP contribution < -0.4 is 5.32 Å². The van der Waals surface area contributed by atoms with Crippen molar-refractivity contribution >= 4 is 11.8 Å². The SMILES string of the molecule is CC1CCNC(c2ccc(F)cc2F)S1. The summed E-state index contributed by atoms with van der Waals surface area (Å²) in [4.78, 5) is 0. The van der Waals surface area contributed by atoms with E-state index in [0.29, 0.717) is 10.8 Å². The Morgan fingerprint density at radius 3 is 2.87 bits per heavy atom. The van der Waals surface area contributed by atoms with Gasteiger partial charge < -0.3 is 5.32 Å². The van der Waals surface area contributed by atoms with E-state index in [-0.39, 0.29) is 5.37 Å². The molecule has 2 unspecified atom stereocenters. The highest BCUT2D eigenvalue weighted by Gasteiger charge is 2.22. The summed E-state index contributed by atoms with van der Waals surface area (Å²) in [5, 5.41) is 3.69. The van der Waals surface area contributed by atoms with E-state index < -0.39 is 11.6 Å². The van der Waals surface area contributed by atoms with Gasteiger partial charge in [0.15, 0.2) is 0 Å². The first-order chi connectivity index (χ1) is 7.16. The zero-order valence-corrected chi connectivity index (χ0v) is 9.28. The molecule has 1 aromatic carbocycles. The molecule has 0 aliphatic carbocycles. The fraction of sp³-hybridized carbons (Fsp3) is 0.455. The Hall–Kier alpha value is -0.610. The van der Waals surface area contributed by atoms with Crippen molar-refractivity contribution in [2.45, 2.75) is 24.0 Å². The van der Waals surface area contributed by atoms with E-state index in [4.69, 9.17) is 0 Å². The molecule has 1 aliphatic heterocycles. The number of benzene rings is 1. The van der Waals surface area contributed by atoms with Crippen molar-refractivity contribution in [1.82, 2.24) is 5.32 Å². The number of hydrogen-bond acceptors (Lipinski definition) is 2. The summed E-state index contributed by atoms with van der Waals surface area (Å²) in [6.45, 7) is 3.01. The number of hydrogen-bond donors (Lipinski definition) is 1. The molecule has 0 radical (unpaired) electrons. The smallest absolute Gasteiger partial charge is 0.131 e. The lowest BCUT2D eigenvalue weighted by Crippen LogP contribution is -2.29. The maximum absolute atomic E-state index is 13.5. The van der Waals surface area contributed by atoms with Crippen LogP contribution in [0.5, 0.6) is 0 Å². The van der Waals surface area contributed by atoms with Crippen LogP contribution in [0.25, 0.3) is 0 Å². The highest BCUT2D eigenvalue weighted by Crippen LogP contribution is 2.35. The molecule has 0 aromatic heterocycles. The van der Waals surface area contributed by atoms with E-state index >= 15 is 0 Å². The molecule has 2 atom stereocenters. The van der Waals surface area contributed by atoms with Crippen LogP contribution in [0.4, 0.5) is 8.78 Å². The van der Waals surface area contributed by atoms with E-state index in [1.165, 1.54) is 12.1 Å². The fourth-order valence-corrected chi connectivity index (χ4v) is 2.93. The van der Waals surface area contributed by atoms with Gasteiger partial charge in [-0.1, -0.05) is 13.0 Å². The summed E-state index contributed by atoms with van der Waals surface area (Å²) in [5.41, 5.74) is 0.549. The normalized spacial score (nSPS) is 26.6. The molecule has 1 nitrogen and oxygen atoms in total. The minimum Gasteiger partial charge on any atom is -0.302 e. The van der Waals surface area contributed by atoms with Gasteiger partial charge in [0.25, 0.3) is 0 Å².